The largest absolute Gasteiger partial charge is 0.497 e. The van der Waals surface area contributed by atoms with Crippen molar-refractivity contribution in [3.8, 4) is 11.5 Å². The molecular formula is C25H28N4O6. The van der Waals surface area contributed by atoms with Crippen LogP contribution in [0.3, 0.4) is 0 Å². The van der Waals surface area contributed by atoms with Crippen molar-refractivity contribution >= 4 is 23.6 Å². The zero-order chi connectivity index (χ0) is 25.0. The first-order chi connectivity index (χ1) is 16.8. The fourth-order valence-electron chi connectivity index (χ4n) is 4.58. The first kappa shape index (κ1) is 24.1. The van der Waals surface area contributed by atoms with Gasteiger partial charge in [0.15, 0.2) is 0 Å². The number of hydrogen-bond donors (Lipinski definition) is 1. The minimum atomic E-state index is -1.28. The van der Waals surface area contributed by atoms with Crippen LogP contribution in [0.25, 0.3) is 0 Å². The standard InChI is InChI=1S/C25H28N4O6/c1-28-23(31)25(14-17-7-4-3-5-8-17)16-29(12-11-21(25)27-28)22(30)20(35-24(26)32)15-34-19-10-6-9-18(13-19)33-2/h3-10,13,20H,11-12,14-16H2,1-2H3,(H2,26,32)/t20?,25-/m1/s1. The Kier molecular flexibility index (Phi) is 6.90. The van der Waals surface area contributed by atoms with Crippen molar-refractivity contribution in [3.63, 3.8) is 0 Å². The summed E-state index contributed by atoms with van der Waals surface area (Å²) in [6, 6.07) is 16.4. The van der Waals surface area contributed by atoms with E-state index in [1.165, 1.54) is 17.0 Å². The van der Waals surface area contributed by atoms with Crippen molar-refractivity contribution in [2.45, 2.75) is 18.9 Å². The van der Waals surface area contributed by atoms with E-state index in [0.717, 1.165) is 11.3 Å². The lowest BCUT2D eigenvalue weighted by Crippen LogP contribution is -2.58. The number of nitrogens with zero attached hydrogens (tertiary/aromatic N) is 3. The van der Waals surface area contributed by atoms with E-state index in [1.807, 2.05) is 30.3 Å². The first-order valence-electron chi connectivity index (χ1n) is 11.2. The molecule has 4 rings (SSSR count). The second kappa shape index (κ2) is 10.0. The van der Waals surface area contributed by atoms with Crippen LogP contribution < -0.4 is 15.2 Å². The second-order valence-corrected chi connectivity index (χ2v) is 8.55. The van der Waals surface area contributed by atoms with E-state index in [-0.39, 0.29) is 19.1 Å². The number of likely N-dealkylation sites (tertiary alicyclic amines) is 1. The smallest absolute Gasteiger partial charge is 0.405 e. The third kappa shape index (κ3) is 5.06. The summed E-state index contributed by atoms with van der Waals surface area (Å²) in [5.41, 5.74) is 5.98. The fraction of sp³-hybridized carbons (Fsp3) is 0.360. The fourth-order valence-corrected chi connectivity index (χ4v) is 4.58. The molecule has 0 aromatic heterocycles. The lowest BCUT2D eigenvalue weighted by molar-refractivity contribution is -0.146. The van der Waals surface area contributed by atoms with Crippen LogP contribution in [0.4, 0.5) is 4.79 Å². The van der Waals surface area contributed by atoms with Gasteiger partial charge in [-0.05, 0) is 24.1 Å². The predicted molar refractivity (Wildman–Crippen MR) is 127 cm³/mol. The van der Waals surface area contributed by atoms with Crippen molar-refractivity contribution in [2.24, 2.45) is 16.3 Å². The van der Waals surface area contributed by atoms with Gasteiger partial charge in [-0.15, -0.1) is 0 Å². The van der Waals surface area contributed by atoms with Crippen LogP contribution in [-0.2, 0) is 20.7 Å². The summed E-state index contributed by atoms with van der Waals surface area (Å²) in [7, 11) is 3.15. The number of rotatable bonds is 8. The number of benzene rings is 2. The highest BCUT2D eigenvalue weighted by atomic mass is 16.6. The molecule has 10 nitrogen and oxygen atoms in total. The van der Waals surface area contributed by atoms with Crippen molar-refractivity contribution in [3.05, 3.63) is 60.2 Å². The lowest BCUT2D eigenvalue weighted by atomic mass is 9.73. The van der Waals surface area contributed by atoms with E-state index in [1.54, 1.807) is 31.3 Å². The summed E-state index contributed by atoms with van der Waals surface area (Å²) >= 11 is 0. The molecule has 1 saturated heterocycles. The Hall–Kier alpha value is -4.08. The zero-order valence-corrected chi connectivity index (χ0v) is 19.7. The topological polar surface area (TPSA) is 124 Å². The Labute approximate surface area is 203 Å². The molecule has 184 valence electrons. The van der Waals surface area contributed by atoms with Crippen molar-refractivity contribution < 1.29 is 28.6 Å². The Balaban J connectivity index is 1.54. The number of nitrogens with two attached hydrogens (primary N) is 1. The average molecular weight is 481 g/mol. The highest BCUT2D eigenvalue weighted by Gasteiger charge is 2.54. The molecule has 2 N–H and O–H groups in total. The van der Waals surface area contributed by atoms with Crippen molar-refractivity contribution in [1.82, 2.24) is 9.91 Å². The maximum absolute atomic E-state index is 13.5. The molecule has 2 aromatic rings. The van der Waals surface area contributed by atoms with Gasteiger partial charge in [-0.25, -0.2) is 9.80 Å². The predicted octanol–water partition coefficient (Wildman–Crippen LogP) is 1.83. The summed E-state index contributed by atoms with van der Waals surface area (Å²) in [5, 5.41) is 5.80. The maximum Gasteiger partial charge on any atom is 0.405 e. The highest BCUT2D eigenvalue weighted by molar-refractivity contribution is 6.13. The zero-order valence-electron chi connectivity index (χ0n) is 19.7. The Morgan fingerprint density at radius 3 is 2.60 bits per heavy atom. The lowest BCUT2D eigenvalue weighted by Gasteiger charge is -2.40. The minimum absolute atomic E-state index is 0.112. The highest BCUT2D eigenvalue weighted by Crippen LogP contribution is 2.38. The summed E-state index contributed by atoms with van der Waals surface area (Å²) < 4.78 is 16.0. The van der Waals surface area contributed by atoms with Crippen molar-refractivity contribution in [1.29, 1.82) is 0 Å². The molecule has 0 bridgehead atoms. The second-order valence-electron chi connectivity index (χ2n) is 8.55. The van der Waals surface area contributed by atoms with Gasteiger partial charge in [0.1, 0.15) is 23.5 Å². The molecule has 10 heteroatoms. The number of carbonyl (C=O) groups is 3. The van der Waals surface area contributed by atoms with Gasteiger partial charge < -0.3 is 24.8 Å². The van der Waals surface area contributed by atoms with Crippen LogP contribution in [0.15, 0.2) is 59.7 Å². The molecule has 2 aliphatic rings. The Morgan fingerprint density at radius 1 is 1.14 bits per heavy atom. The number of fused-ring (bicyclic) bond motifs is 1. The van der Waals surface area contributed by atoms with Crippen LogP contribution in [0.2, 0.25) is 0 Å². The Bertz CT molecular complexity index is 1140. The SMILES string of the molecule is COc1cccc(OCC(OC(N)=O)C(=O)N2CCC3=NN(C)C(=O)[C@]3(Cc3ccccc3)C2)c1. The average Bonchev–Trinajstić information content (AvgIpc) is 3.10. The number of hydrazone groups is 1. The van der Waals surface area contributed by atoms with E-state index in [9.17, 15) is 14.4 Å². The van der Waals surface area contributed by atoms with Crippen LogP contribution >= 0.6 is 0 Å². The van der Waals surface area contributed by atoms with E-state index < -0.39 is 23.5 Å². The number of carbonyl (C=O) groups excluding carboxylic acids is 3. The molecule has 2 heterocycles. The van der Waals surface area contributed by atoms with Gasteiger partial charge in [0, 0.05) is 32.6 Å². The summed E-state index contributed by atoms with van der Waals surface area (Å²) in [4.78, 5) is 39.9. The summed E-state index contributed by atoms with van der Waals surface area (Å²) in [5.74, 6) is 0.363. The minimum Gasteiger partial charge on any atom is -0.497 e. The van der Waals surface area contributed by atoms with Gasteiger partial charge in [0.2, 0.25) is 6.10 Å². The van der Waals surface area contributed by atoms with E-state index in [2.05, 4.69) is 5.10 Å². The Morgan fingerprint density at radius 2 is 1.89 bits per heavy atom. The first-order valence-corrected chi connectivity index (χ1v) is 11.2. The number of ether oxygens (including phenoxy) is 3. The number of piperidine rings is 1. The quantitative estimate of drug-likeness (QED) is 0.615. The molecule has 35 heavy (non-hydrogen) atoms. The number of primary amides is 1. The van der Waals surface area contributed by atoms with Gasteiger partial charge in [-0.2, -0.15) is 5.10 Å². The van der Waals surface area contributed by atoms with E-state index in [4.69, 9.17) is 19.9 Å². The van der Waals surface area contributed by atoms with Crippen LogP contribution in [-0.4, -0.2) is 73.5 Å². The number of methoxy groups -OCH3 is 1. The van der Waals surface area contributed by atoms with Crippen LogP contribution in [0.5, 0.6) is 11.5 Å². The molecule has 0 saturated carbocycles. The van der Waals surface area contributed by atoms with Crippen LogP contribution in [0, 0.1) is 5.41 Å². The van der Waals surface area contributed by atoms with E-state index in [0.29, 0.717) is 30.9 Å². The number of hydrogen-bond acceptors (Lipinski definition) is 7. The van der Waals surface area contributed by atoms with Crippen LogP contribution in [0.1, 0.15) is 12.0 Å². The molecule has 0 spiro atoms. The van der Waals surface area contributed by atoms with Gasteiger partial charge in [0.05, 0.1) is 12.8 Å². The monoisotopic (exact) mass is 480 g/mol. The molecule has 3 amide bonds. The molecule has 0 aliphatic carbocycles. The van der Waals surface area contributed by atoms with Gasteiger partial charge in [-0.1, -0.05) is 36.4 Å². The summed E-state index contributed by atoms with van der Waals surface area (Å²) in [6.07, 6.45) is -1.54. The van der Waals surface area contributed by atoms with Gasteiger partial charge >= 0.3 is 6.09 Å². The summed E-state index contributed by atoms with van der Waals surface area (Å²) in [6.45, 7) is 0.194. The molecule has 1 fully saturated rings. The van der Waals surface area contributed by atoms with E-state index >= 15 is 0 Å². The van der Waals surface area contributed by atoms with Gasteiger partial charge in [0.25, 0.3) is 11.8 Å². The molecule has 2 atom stereocenters. The number of amides is 3. The third-order valence-electron chi connectivity index (χ3n) is 6.24. The normalized spacial score (nSPS) is 20.1. The molecule has 1 unspecified atom stereocenters. The third-order valence-corrected chi connectivity index (χ3v) is 6.24. The van der Waals surface area contributed by atoms with Crippen molar-refractivity contribution in [2.75, 3.05) is 33.9 Å². The molecule has 2 aromatic carbocycles. The van der Waals surface area contributed by atoms with Gasteiger partial charge in [-0.3, -0.25) is 9.59 Å². The molecule has 2 aliphatic heterocycles. The molecular weight excluding hydrogens is 452 g/mol. The maximum atomic E-state index is 13.5. The molecule has 0 radical (unpaired) electrons.